The zero-order valence-corrected chi connectivity index (χ0v) is 8.57. The molecular weight excluding hydrogens is 196 g/mol. The molecule has 5 heteroatoms. The van der Waals surface area contributed by atoms with Crippen molar-refractivity contribution in [2.75, 3.05) is 6.54 Å². The summed E-state index contributed by atoms with van der Waals surface area (Å²) in [5.74, 6) is 1.04. The molecular formula is C9H12N4S. The molecule has 0 spiro atoms. The lowest BCUT2D eigenvalue weighted by molar-refractivity contribution is 0.722. The summed E-state index contributed by atoms with van der Waals surface area (Å²) in [6, 6.07) is 0. The lowest BCUT2D eigenvalue weighted by atomic mass is 10.4. The molecule has 0 aliphatic heterocycles. The van der Waals surface area contributed by atoms with Crippen LogP contribution in [-0.2, 0) is 13.0 Å². The molecule has 0 bridgehead atoms. The van der Waals surface area contributed by atoms with E-state index in [-0.39, 0.29) is 0 Å². The second-order valence-corrected chi connectivity index (χ2v) is 3.95. The van der Waals surface area contributed by atoms with E-state index in [0.29, 0.717) is 6.54 Å². The molecule has 2 N–H and O–H groups in total. The largest absolute Gasteiger partial charge is 0.330 e. The van der Waals surface area contributed by atoms with Crippen LogP contribution in [0.5, 0.6) is 0 Å². The predicted octanol–water partition coefficient (Wildman–Crippen LogP) is 0.889. The lowest BCUT2D eigenvalue weighted by Gasteiger charge is -2.04. The van der Waals surface area contributed by atoms with E-state index in [1.54, 1.807) is 11.3 Å². The minimum atomic E-state index is 0.639. The number of thiazole rings is 1. The Morgan fingerprint density at radius 1 is 1.50 bits per heavy atom. The zero-order valence-electron chi connectivity index (χ0n) is 7.76. The second kappa shape index (κ2) is 4.34. The molecule has 0 saturated carbocycles. The topological polar surface area (TPSA) is 56.7 Å². The second-order valence-electron chi connectivity index (χ2n) is 2.98. The van der Waals surface area contributed by atoms with Gasteiger partial charge in [-0.05, 0) is 6.54 Å². The first-order valence-electron chi connectivity index (χ1n) is 4.47. The molecule has 2 heterocycles. The average molecular weight is 208 g/mol. The molecule has 14 heavy (non-hydrogen) atoms. The van der Waals surface area contributed by atoms with Gasteiger partial charge in [0.2, 0.25) is 0 Å². The molecule has 0 aliphatic rings. The summed E-state index contributed by atoms with van der Waals surface area (Å²) in [6.07, 6.45) is 6.50. The highest BCUT2D eigenvalue weighted by atomic mass is 32.1. The Hall–Kier alpha value is -1.20. The van der Waals surface area contributed by atoms with Crippen LogP contribution in [0.3, 0.4) is 0 Å². The van der Waals surface area contributed by atoms with Crippen molar-refractivity contribution in [1.29, 1.82) is 0 Å². The number of nitrogens with zero attached hydrogens (tertiary/aromatic N) is 3. The van der Waals surface area contributed by atoms with Gasteiger partial charge in [0.15, 0.2) is 0 Å². The monoisotopic (exact) mass is 208 g/mol. The molecule has 2 aromatic heterocycles. The van der Waals surface area contributed by atoms with Crippen LogP contribution < -0.4 is 5.73 Å². The van der Waals surface area contributed by atoms with Crippen molar-refractivity contribution in [2.45, 2.75) is 13.0 Å². The van der Waals surface area contributed by atoms with Gasteiger partial charge in [-0.15, -0.1) is 11.3 Å². The van der Waals surface area contributed by atoms with Gasteiger partial charge < -0.3 is 10.3 Å². The Kier molecular flexibility index (Phi) is 2.90. The predicted molar refractivity (Wildman–Crippen MR) is 56.2 cm³/mol. The maximum absolute atomic E-state index is 5.50. The molecule has 0 aromatic carbocycles. The third kappa shape index (κ3) is 2.00. The number of nitrogens with two attached hydrogens (primary N) is 1. The number of hydrogen-bond donors (Lipinski definition) is 1. The van der Waals surface area contributed by atoms with Crippen LogP contribution >= 0.6 is 11.3 Å². The van der Waals surface area contributed by atoms with E-state index >= 15 is 0 Å². The van der Waals surface area contributed by atoms with Crippen molar-refractivity contribution in [2.24, 2.45) is 5.73 Å². The fourth-order valence-electron chi connectivity index (χ4n) is 1.33. The Morgan fingerprint density at radius 2 is 2.43 bits per heavy atom. The molecule has 2 rings (SSSR count). The maximum Gasteiger partial charge on any atom is 0.110 e. The molecule has 0 atom stereocenters. The molecule has 0 fully saturated rings. The number of hydrogen-bond acceptors (Lipinski definition) is 4. The number of imidazole rings is 1. The summed E-state index contributed by atoms with van der Waals surface area (Å²) < 4.78 is 2.11. The molecule has 4 nitrogen and oxygen atoms in total. The summed E-state index contributed by atoms with van der Waals surface area (Å²) in [4.78, 5) is 9.53. The van der Waals surface area contributed by atoms with Gasteiger partial charge in [-0.3, -0.25) is 4.98 Å². The van der Waals surface area contributed by atoms with E-state index in [0.717, 1.165) is 18.8 Å². The average Bonchev–Trinajstić information content (AvgIpc) is 2.80. The van der Waals surface area contributed by atoms with Crippen LogP contribution in [0.1, 0.15) is 10.7 Å². The van der Waals surface area contributed by atoms with Gasteiger partial charge in [0.05, 0.1) is 12.1 Å². The van der Waals surface area contributed by atoms with E-state index < -0.39 is 0 Å². The Labute approximate surface area is 86.4 Å². The van der Waals surface area contributed by atoms with Crippen molar-refractivity contribution in [1.82, 2.24) is 14.5 Å². The fraction of sp³-hybridized carbons (Fsp3) is 0.333. The minimum Gasteiger partial charge on any atom is -0.330 e. The number of rotatable bonds is 4. The number of aromatic nitrogens is 3. The van der Waals surface area contributed by atoms with Crippen LogP contribution in [0.4, 0.5) is 0 Å². The van der Waals surface area contributed by atoms with Crippen LogP contribution in [-0.4, -0.2) is 21.1 Å². The molecule has 0 aliphatic carbocycles. The quantitative estimate of drug-likeness (QED) is 0.811. The van der Waals surface area contributed by atoms with Gasteiger partial charge in [-0.2, -0.15) is 0 Å². The SMILES string of the molecule is NCCc1nccn1Cc1cncs1. The van der Waals surface area contributed by atoms with E-state index in [1.165, 1.54) is 4.88 Å². The smallest absolute Gasteiger partial charge is 0.110 e. The molecule has 0 amide bonds. The zero-order chi connectivity index (χ0) is 9.80. The highest BCUT2D eigenvalue weighted by molar-refractivity contribution is 7.09. The molecule has 0 radical (unpaired) electrons. The highest BCUT2D eigenvalue weighted by Crippen LogP contribution is 2.09. The summed E-state index contributed by atoms with van der Waals surface area (Å²) in [7, 11) is 0. The van der Waals surface area contributed by atoms with Gasteiger partial charge in [-0.1, -0.05) is 0 Å². The third-order valence-electron chi connectivity index (χ3n) is 1.98. The van der Waals surface area contributed by atoms with E-state index in [2.05, 4.69) is 14.5 Å². The fourth-order valence-corrected chi connectivity index (χ4v) is 1.92. The third-order valence-corrected chi connectivity index (χ3v) is 2.74. The van der Waals surface area contributed by atoms with Crippen LogP contribution in [0, 0.1) is 0 Å². The van der Waals surface area contributed by atoms with Crippen molar-refractivity contribution in [3.8, 4) is 0 Å². The first kappa shape index (κ1) is 9.36. The molecule has 0 saturated heterocycles. The summed E-state index contributed by atoms with van der Waals surface area (Å²) in [5.41, 5.74) is 7.34. The van der Waals surface area contributed by atoms with E-state index in [4.69, 9.17) is 5.73 Å². The highest BCUT2D eigenvalue weighted by Gasteiger charge is 2.02. The Balaban J connectivity index is 2.12. The van der Waals surface area contributed by atoms with Gasteiger partial charge in [0.1, 0.15) is 5.82 Å². The first-order chi connectivity index (χ1) is 6.90. The first-order valence-corrected chi connectivity index (χ1v) is 5.35. The normalized spacial score (nSPS) is 10.6. The summed E-state index contributed by atoms with van der Waals surface area (Å²) >= 11 is 1.66. The van der Waals surface area contributed by atoms with Crippen LogP contribution in [0.25, 0.3) is 0 Å². The van der Waals surface area contributed by atoms with E-state index in [1.807, 2.05) is 24.1 Å². The van der Waals surface area contributed by atoms with Gasteiger partial charge in [-0.25, -0.2) is 4.98 Å². The van der Waals surface area contributed by atoms with Crippen molar-refractivity contribution >= 4 is 11.3 Å². The van der Waals surface area contributed by atoms with Crippen molar-refractivity contribution in [3.05, 3.63) is 34.8 Å². The standard InChI is InChI=1S/C9H12N4S/c10-2-1-9-12-3-4-13(9)6-8-5-11-7-14-8/h3-5,7H,1-2,6,10H2. The molecule has 2 aromatic rings. The van der Waals surface area contributed by atoms with Gasteiger partial charge in [0.25, 0.3) is 0 Å². The van der Waals surface area contributed by atoms with Crippen molar-refractivity contribution in [3.63, 3.8) is 0 Å². The van der Waals surface area contributed by atoms with E-state index in [9.17, 15) is 0 Å². The Bertz CT molecular complexity index is 379. The minimum absolute atomic E-state index is 0.639. The van der Waals surface area contributed by atoms with Crippen LogP contribution in [0.15, 0.2) is 24.1 Å². The summed E-state index contributed by atoms with van der Waals surface area (Å²) in [5, 5.41) is 0. The Morgan fingerprint density at radius 3 is 3.14 bits per heavy atom. The van der Waals surface area contributed by atoms with Gasteiger partial charge >= 0.3 is 0 Å². The summed E-state index contributed by atoms with van der Waals surface area (Å²) in [6.45, 7) is 1.49. The van der Waals surface area contributed by atoms with Gasteiger partial charge in [0, 0.05) is 29.9 Å². The van der Waals surface area contributed by atoms with Crippen LogP contribution in [0.2, 0.25) is 0 Å². The maximum atomic E-state index is 5.50. The molecule has 0 unspecified atom stereocenters. The van der Waals surface area contributed by atoms with Crippen molar-refractivity contribution < 1.29 is 0 Å². The molecule has 74 valence electrons. The lowest BCUT2D eigenvalue weighted by Crippen LogP contribution is -2.09.